The summed E-state index contributed by atoms with van der Waals surface area (Å²) in [5.41, 5.74) is 0.655. The van der Waals surface area contributed by atoms with Crippen molar-refractivity contribution in [2.75, 3.05) is 0 Å². The van der Waals surface area contributed by atoms with E-state index >= 15 is 0 Å². The van der Waals surface area contributed by atoms with Crippen LogP contribution in [0.25, 0.3) is 16.7 Å². The summed E-state index contributed by atoms with van der Waals surface area (Å²) < 4.78 is 1.42. The number of benzene rings is 1. The molecule has 0 amide bonds. The predicted molar refractivity (Wildman–Crippen MR) is 74.0 cm³/mol. The molecule has 3 rings (SSSR count). The summed E-state index contributed by atoms with van der Waals surface area (Å²) in [6, 6.07) is 11.5. The number of fused-ring (bicyclic) bond motifs is 1. The Bertz CT molecular complexity index is 827. The van der Waals surface area contributed by atoms with E-state index in [4.69, 9.17) is 11.6 Å². The zero-order valence-electron chi connectivity index (χ0n) is 9.75. The van der Waals surface area contributed by atoms with Gasteiger partial charge >= 0.3 is 0 Å². The Morgan fingerprint density at radius 3 is 2.79 bits per heavy atom. The Hall–Kier alpha value is -2.33. The van der Waals surface area contributed by atoms with Gasteiger partial charge in [-0.05, 0) is 30.3 Å². The normalized spacial score (nSPS) is 10.8. The van der Waals surface area contributed by atoms with Gasteiger partial charge in [-0.2, -0.15) is 0 Å². The fourth-order valence-electron chi connectivity index (χ4n) is 2.00. The number of pyridine rings is 2. The van der Waals surface area contributed by atoms with Gasteiger partial charge in [-0.3, -0.25) is 9.36 Å². The van der Waals surface area contributed by atoms with Crippen LogP contribution in [-0.4, -0.2) is 14.7 Å². The monoisotopic (exact) mass is 272 g/mol. The van der Waals surface area contributed by atoms with Crippen LogP contribution in [0.2, 0.25) is 5.02 Å². The molecule has 0 atom stereocenters. The van der Waals surface area contributed by atoms with Gasteiger partial charge in [0.15, 0.2) is 5.65 Å². The first kappa shape index (κ1) is 11.7. The molecule has 0 spiro atoms. The van der Waals surface area contributed by atoms with Crippen molar-refractivity contribution in [2.45, 2.75) is 0 Å². The Morgan fingerprint density at radius 2 is 2.00 bits per heavy atom. The molecule has 0 unspecified atom stereocenters. The number of halogens is 1. The molecule has 1 N–H and O–H groups in total. The summed E-state index contributed by atoms with van der Waals surface area (Å²) in [5, 5.41) is 10.8. The van der Waals surface area contributed by atoms with Crippen LogP contribution >= 0.6 is 11.6 Å². The van der Waals surface area contributed by atoms with Crippen LogP contribution in [0.15, 0.2) is 53.5 Å². The maximum atomic E-state index is 12.1. The fourth-order valence-corrected chi connectivity index (χ4v) is 2.19. The van der Waals surface area contributed by atoms with Crippen molar-refractivity contribution in [3.05, 3.63) is 64.0 Å². The van der Waals surface area contributed by atoms with Crippen molar-refractivity contribution >= 4 is 22.6 Å². The highest BCUT2D eigenvalue weighted by molar-refractivity contribution is 6.30. The molecule has 0 radical (unpaired) electrons. The number of rotatable bonds is 1. The van der Waals surface area contributed by atoms with Crippen LogP contribution in [0.1, 0.15) is 0 Å². The lowest BCUT2D eigenvalue weighted by Gasteiger charge is -2.10. The second kappa shape index (κ2) is 4.40. The first-order valence-electron chi connectivity index (χ1n) is 5.62. The van der Waals surface area contributed by atoms with E-state index in [0.717, 1.165) is 0 Å². The standard InChI is InChI=1S/C14H9ClN2O2/c15-9-3-1-4-10(7-9)17-13(19)8-12(18)11-5-2-6-16-14(11)17/h1-8,18H. The van der Waals surface area contributed by atoms with Crippen LogP contribution in [0, 0.1) is 0 Å². The van der Waals surface area contributed by atoms with E-state index in [2.05, 4.69) is 4.98 Å². The minimum Gasteiger partial charge on any atom is -0.507 e. The lowest BCUT2D eigenvalue weighted by atomic mass is 10.2. The van der Waals surface area contributed by atoms with Gasteiger partial charge in [0.2, 0.25) is 0 Å². The highest BCUT2D eigenvalue weighted by atomic mass is 35.5. The number of nitrogens with zero attached hydrogens (tertiary/aromatic N) is 2. The molecular weight excluding hydrogens is 264 g/mol. The van der Waals surface area contributed by atoms with Crippen LogP contribution in [-0.2, 0) is 0 Å². The summed E-state index contributed by atoms with van der Waals surface area (Å²) in [6.45, 7) is 0. The zero-order chi connectivity index (χ0) is 13.4. The van der Waals surface area contributed by atoms with Crippen molar-refractivity contribution in [3.8, 4) is 11.4 Å². The Morgan fingerprint density at radius 1 is 1.16 bits per heavy atom. The topological polar surface area (TPSA) is 55.1 Å². The number of hydrogen-bond acceptors (Lipinski definition) is 3. The lowest BCUT2D eigenvalue weighted by molar-refractivity contribution is 0.480. The molecule has 2 aromatic heterocycles. The molecule has 0 aliphatic carbocycles. The highest BCUT2D eigenvalue weighted by Crippen LogP contribution is 2.23. The van der Waals surface area contributed by atoms with E-state index in [1.165, 1.54) is 10.6 Å². The van der Waals surface area contributed by atoms with E-state index in [1.807, 2.05) is 0 Å². The van der Waals surface area contributed by atoms with Crippen LogP contribution in [0.5, 0.6) is 5.75 Å². The fraction of sp³-hybridized carbons (Fsp3) is 0. The van der Waals surface area contributed by atoms with E-state index in [-0.39, 0.29) is 11.3 Å². The highest BCUT2D eigenvalue weighted by Gasteiger charge is 2.10. The third-order valence-electron chi connectivity index (χ3n) is 2.82. The molecule has 0 aliphatic rings. The quantitative estimate of drug-likeness (QED) is 0.741. The van der Waals surface area contributed by atoms with Crippen molar-refractivity contribution < 1.29 is 5.11 Å². The molecule has 5 heteroatoms. The molecule has 0 fully saturated rings. The molecule has 19 heavy (non-hydrogen) atoms. The summed E-state index contributed by atoms with van der Waals surface area (Å²) >= 11 is 5.94. The number of hydrogen-bond donors (Lipinski definition) is 1. The van der Waals surface area contributed by atoms with Gasteiger partial charge in [0.1, 0.15) is 5.75 Å². The van der Waals surface area contributed by atoms with Gasteiger partial charge in [0.05, 0.1) is 11.1 Å². The van der Waals surface area contributed by atoms with Gasteiger partial charge in [0, 0.05) is 17.3 Å². The zero-order valence-corrected chi connectivity index (χ0v) is 10.5. The lowest BCUT2D eigenvalue weighted by Crippen LogP contribution is -2.18. The summed E-state index contributed by atoms with van der Waals surface area (Å²) in [4.78, 5) is 16.3. The van der Waals surface area contributed by atoms with E-state index in [9.17, 15) is 9.90 Å². The summed E-state index contributed by atoms with van der Waals surface area (Å²) in [7, 11) is 0. The second-order valence-corrected chi connectivity index (χ2v) is 4.49. The predicted octanol–water partition coefficient (Wildman–Crippen LogP) is 2.74. The minimum absolute atomic E-state index is 0.0774. The van der Waals surface area contributed by atoms with Crippen molar-refractivity contribution in [1.82, 2.24) is 9.55 Å². The maximum Gasteiger partial charge on any atom is 0.260 e. The minimum atomic E-state index is -0.356. The Balaban J connectivity index is 2.44. The van der Waals surface area contributed by atoms with Gasteiger partial charge < -0.3 is 5.11 Å². The average molecular weight is 273 g/mol. The molecule has 0 saturated carbocycles. The maximum absolute atomic E-state index is 12.1. The largest absolute Gasteiger partial charge is 0.507 e. The molecular formula is C14H9ClN2O2. The Kier molecular flexibility index (Phi) is 2.72. The van der Waals surface area contributed by atoms with E-state index in [0.29, 0.717) is 21.7 Å². The molecule has 94 valence electrons. The molecule has 0 aliphatic heterocycles. The van der Waals surface area contributed by atoms with Gasteiger partial charge in [-0.15, -0.1) is 0 Å². The van der Waals surface area contributed by atoms with Gasteiger partial charge in [-0.1, -0.05) is 17.7 Å². The summed E-state index contributed by atoms with van der Waals surface area (Å²) in [6.07, 6.45) is 1.57. The van der Waals surface area contributed by atoms with Gasteiger partial charge in [-0.25, -0.2) is 4.98 Å². The molecule has 2 heterocycles. The van der Waals surface area contributed by atoms with Gasteiger partial charge in [0.25, 0.3) is 5.56 Å². The van der Waals surface area contributed by atoms with Crippen molar-refractivity contribution in [1.29, 1.82) is 0 Å². The first-order chi connectivity index (χ1) is 9.16. The Labute approximate surface area is 113 Å². The van der Waals surface area contributed by atoms with Crippen LogP contribution < -0.4 is 5.56 Å². The average Bonchev–Trinajstić information content (AvgIpc) is 2.39. The molecule has 1 aromatic carbocycles. The number of aromatic nitrogens is 2. The molecule has 4 nitrogen and oxygen atoms in total. The first-order valence-corrected chi connectivity index (χ1v) is 6.00. The molecule has 0 bridgehead atoms. The van der Waals surface area contributed by atoms with Crippen LogP contribution in [0.4, 0.5) is 0 Å². The summed E-state index contributed by atoms with van der Waals surface area (Å²) in [5.74, 6) is -0.0774. The van der Waals surface area contributed by atoms with Crippen molar-refractivity contribution in [3.63, 3.8) is 0 Å². The molecule has 0 saturated heterocycles. The van der Waals surface area contributed by atoms with Crippen molar-refractivity contribution in [2.24, 2.45) is 0 Å². The van der Waals surface area contributed by atoms with Crippen LogP contribution in [0.3, 0.4) is 0 Å². The third kappa shape index (κ3) is 1.96. The third-order valence-corrected chi connectivity index (χ3v) is 3.06. The second-order valence-electron chi connectivity index (χ2n) is 4.06. The smallest absolute Gasteiger partial charge is 0.260 e. The molecule has 3 aromatic rings. The SMILES string of the molecule is O=c1cc(O)c2cccnc2n1-c1cccc(Cl)c1. The van der Waals surface area contributed by atoms with E-state index < -0.39 is 0 Å². The number of aromatic hydroxyl groups is 1. The van der Waals surface area contributed by atoms with E-state index in [1.54, 1.807) is 42.6 Å².